The minimum absolute atomic E-state index is 0.0790. The van der Waals surface area contributed by atoms with E-state index in [1.807, 2.05) is 0 Å². The van der Waals surface area contributed by atoms with Gasteiger partial charge in [-0.1, -0.05) is 12.1 Å². The summed E-state index contributed by atoms with van der Waals surface area (Å²) >= 11 is 0. The van der Waals surface area contributed by atoms with Gasteiger partial charge >= 0.3 is 5.97 Å². The molecular weight excluding hydrogens is 264 g/mol. The first kappa shape index (κ1) is 15.5. The Kier molecular flexibility index (Phi) is 5.52. The third kappa shape index (κ3) is 5.38. The molecule has 7 heteroatoms. The number of carboxylic acids is 1. The fraction of sp³-hybridized carbons (Fsp3) is 0.308. The van der Waals surface area contributed by atoms with Gasteiger partial charge in [-0.2, -0.15) is 0 Å². The normalized spacial score (nSPS) is 11.4. The molecule has 0 heterocycles. The molecule has 1 atom stereocenters. The number of benzene rings is 1. The second kappa shape index (κ2) is 7.13. The number of nitrogens with one attached hydrogen (secondary N) is 2. The summed E-state index contributed by atoms with van der Waals surface area (Å²) in [6.45, 7) is 0.993. The van der Waals surface area contributed by atoms with Crippen molar-refractivity contribution >= 4 is 17.8 Å². The van der Waals surface area contributed by atoms with Crippen LogP contribution in [0.5, 0.6) is 5.75 Å². The van der Waals surface area contributed by atoms with Gasteiger partial charge in [0, 0.05) is 13.3 Å². The molecule has 0 aliphatic carbocycles. The molecule has 0 radical (unpaired) electrons. The third-order valence-corrected chi connectivity index (χ3v) is 2.51. The van der Waals surface area contributed by atoms with Crippen LogP contribution in [-0.2, 0) is 20.8 Å². The predicted octanol–water partition coefficient (Wildman–Crippen LogP) is -0.360. The maximum absolute atomic E-state index is 11.5. The molecule has 108 valence electrons. The topological polar surface area (TPSA) is 116 Å². The molecule has 20 heavy (non-hydrogen) atoms. The lowest BCUT2D eigenvalue weighted by Crippen LogP contribution is -2.46. The highest BCUT2D eigenvalue weighted by Crippen LogP contribution is 2.11. The smallest absolute Gasteiger partial charge is 0.326 e. The van der Waals surface area contributed by atoms with Gasteiger partial charge in [0.15, 0.2) is 0 Å². The molecule has 0 aromatic heterocycles. The summed E-state index contributed by atoms with van der Waals surface area (Å²) in [5, 5.41) is 22.8. The molecule has 0 spiro atoms. The van der Waals surface area contributed by atoms with Crippen molar-refractivity contribution in [3.05, 3.63) is 29.8 Å². The van der Waals surface area contributed by atoms with Crippen LogP contribution in [0.4, 0.5) is 0 Å². The van der Waals surface area contributed by atoms with Crippen molar-refractivity contribution < 1.29 is 24.6 Å². The summed E-state index contributed by atoms with van der Waals surface area (Å²) in [6.07, 6.45) is 0.0847. The molecule has 1 aromatic carbocycles. The molecule has 0 fully saturated rings. The number of aliphatic carboxylic acids is 1. The van der Waals surface area contributed by atoms with Gasteiger partial charge in [0.25, 0.3) is 0 Å². The van der Waals surface area contributed by atoms with E-state index in [0.29, 0.717) is 5.56 Å². The van der Waals surface area contributed by atoms with E-state index in [1.54, 1.807) is 12.1 Å². The second-order valence-corrected chi connectivity index (χ2v) is 4.24. The van der Waals surface area contributed by atoms with Crippen molar-refractivity contribution in [2.75, 3.05) is 6.54 Å². The molecule has 0 bridgehead atoms. The van der Waals surface area contributed by atoms with Gasteiger partial charge in [-0.05, 0) is 17.7 Å². The first-order chi connectivity index (χ1) is 9.38. The average molecular weight is 280 g/mol. The van der Waals surface area contributed by atoms with Crippen molar-refractivity contribution in [1.82, 2.24) is 10.6 Å². The molecule has 1 unspecified atom stereocenters. The zero-order valence-electron chi connectivity index (χ0n) is 10.9. The van der Waals surface area contributed by atoms with Crippen LogP contribution < -0.4 is 10.6 Å². The van der Waals surface area contributed by atoms with E-state index in [1.165, 1.54) is 19.1 Å². The maximum atomic E-state index is 11.5. The Labute approximate surface area is 115 Å². The number of rotatable bonds is 6. The molecule has 1 rings (SSSR count). The summed E-state index contributed by atoms with van der Waals surface area (Å²) in [6, 6.07) is 4.93. The number of amides is 2. The standard InChI is InChI=1S/C13H16N2O5/c1-8(16)14-7-12(18)15-11(13(19)20)6-9-2-4-10(17)5-3-9/h2-5,11,17H,6-7H2,1H3,(H,14,16)(H,15,18)(H,19,20). The fourth-order valence-corrected chi connectivity index (χ4v) is 1.52. The predicted molar refractivity (Wildman–Crippen MR) is 70.1 cm³/mol. The lowest BCUT2D eigenvalue weighted by atomic mass is 10.1. The van der Waals surface area contributed by atoms with Gasteiger partial charge in [0.2, 0.25) is 11.8 Å². The Morgan fingerprint density at radius 2 is 1.80 bits per heavy atom. The number of carboxylic acid groups (broad SMARTS) is 1. The Morgan fingerprint density at radius 3 is 2.30 bits per heavy atom. The molecule has 2 amide bonds. The first-order valence-corrected chi connectivity index (χ1v) is 5.93. The minimum Gasteiger partial charge on any atom is -0.508 e. The van der Waals surface area contributed by atoms with E-state index in [-0.39, 0.29) is 24.6 Å². The lowest BCUT2D eigenvalue weighted by Gasteiger charge is -2.14. The highest BCUT2D eigenvalue weighted by molar-refractivity contribution is 5.87. The Hall–Kier alpha value is -2.57. The number of carbonyl (C=O) groups is 3. The van der Waals surface area contributed by atoms with Gasteiger partial charge in [-0.25, -0.2) is 4.79 Å². The first-order valence-electron chi connectivity index (χ1n) is 5.93. The van der Waals surface area contributed by atoms with Crippen LogP contribution >= 0.6 is 0 Å². The van der Waals surface area contributed by atoms with E-state index in [9.17, 15) is 14.4 Å². The highest BCUT2D eigenvalue weighted by atomic mass is 16.4. The summed E-state index contributed by atoms with van der Waals surface area (Å²) in [7, 11) is 0. The van der Waals surface area contributed by atoms with Gasteiger partial charge in [-0.3, -0.25) is 9.59 Å². The van der Waals surface area contributed by atoms with E-state index in [0.717, 1.165) is 0 Å². The van der Waals surface area contributed by atoms with Gasteiger partial charge in [0.1, 0.15) is 11.8 Å². The molecule has 0 aliphatic heterocycles. The highest BCUT2D eigenvalue weighted by Gasteiger charge is 2.20. The minimum atomic E-state index is -1.17. The Bertz CT molecular complexity index is 498. The molecular formula is C13H16N2O5. The van der Waals surface area contributed by atoms with Crippen molar-refractivity contribution in [2.24, 2.45) is 0 Å². The van der Waals surface area contributed by atoms with E-state index in [2.05, 4.69) is 10.6 Å². The summed E-state index contributed by atoms with van der Waals surface area (Å²) < 4.78 is 0. The second-order valence-electron chi connectivity index (χ2n) is 4.24. The summed E-state index contributed by atoms with van der Waals surface area (Å²) in [5.74, 6) is -2.04. The van der Waals surface area contributed by atoms with Crippen LogP contribution in [0.25, 0.3) is 0 Å². The number of hydrogen-bond acceptors (Lipinski definition) is 4. The number of aromatic hydroxyl groups is 1. The van der Waals surface area contributed by atoms with E-state index < -0.39 is 17.9 Å². The SMILES string of the molecule is CC(=O)NCC(=O)NC(Cc1ccc(O)cc1)C(=O)O. The van der Waals surface area contributed by atoms with Crippen molar-refractivity contribution in [3.8, 4) is 5.75 Å². The van der Waals surface area contributed by atoms with Crippen molar-refractivity contribution in [3.63, 3.8) is 0 Å². The van der Waals surface area contributed by atoms with Gasteiger partial charge < -0.3 is 20.8 Å². The number of phenolic OH excluding ortho intramolecular Hbond substituents is 1. The molecule has 4 N–H and O–H groups in total. The molecule has 0 aliphatic rings. The van der Waals surface area contributed by atoms with Crippen LogP contribution in [0.3, 0.4) is 0 Å². The third-order valence-electron chi connectivity index (χ3n) is 2.51. The van der Waals surface area contributed by atoms with Crippen LogP contribution in [0.15, 0.2) is 24.3 Å². The molecule has 1 aromatic rings. The number of carbonyl (C=O) groups excluding carboxylic acids is 2. The number of phenols is 1. The monoisotopic (exact) mass is 280 g/mol. The fourth-order valence-electron chi connectivity index (χ4n) is 1.52. The van der Waals surface area contributed by atoms with Crippen LogP contribution in [-0.4, -0.2) is 40.6 Å². The molecule has 0 saturated heterocycles. The van der Waals surface area contributed by atoms with Gasteiger partial charge in [0.05, 0.1) is 6.54 Å². The van der Waals surface area contributed by atoms with Crippen LogP contribution in [0.1, 0.15) is 12.5 Å². The van der Waals surface area contributed by atoms with Crippen LogP contribution in [0, 0.1) is 0 Å². The van der Waals surface area contributed by atoms with Crippen molar-refractivity contribution in [1.29, 1.82) is 0 Å². The van der Waals surface area contributed by atoms with Crippen LogP contribution in [0.2, 0.25) is 0 Å². The maximum Gasteiger partial charge on any atom is 0.326 e. The Balaban J connectivity index is 2.60. The van der Waals surface area contributed by atoms with Gasteiger partial charge in [-0.15, -0.1) is 0 Å². The van der Waals surface area contributed by atoms with E-state index in [4.69, 9.17) is 10.2 Å². The average Bonchev–Trinajstić information content (AvgIpc) is 2.38. The van der Waals surface area contributed by atoms with Crippen molar-refractivity contribution in [2.45, 2.75) is 19.4 Å². The molecule has 7 nitrogen and oxygen atoms in total. The summed E-state index contributed by atoms with van der Waals surface area (Å²) in [5.41, 5.74) is 0.662. The quantitative estimate of drug-likeness (QED) is 0.568. The Morgan fingerprint density at radius 1 is 1.20 bits per heavy atom. The lowest BCUT2D eigenvalue weighted by molar-refractivity contribution is -0.141. The zero-order chi connectivity index (χ0) is 15.1. The summed E-state index contributed by atoms with van der Waals surface area (Å²) in [4.78, 5) is 33.2. The number of hydrogen-bond donors (Lipinski definition) is 4. The molecule has 0 saturated carbocycles. The van der Waals surface area contributed by atoms with E-state index >= 15 is 0 Å². The largest absolute Gasteiger partial charge is 0.508 e. The zero-order valence-corrected chi connectivity index (χ0v) is 10.9.